The Morgan fingerprint density at radius 3 is 2.52 bits per heavy atom. The molecule has 0 N–H and O–H groups in total. The van der Waals surface area contributed by atoms with Crippen molar-refractivity contribution in [2.24, 2.45) is 0 Å². The molecule has 2 aromatic rings. The third-order valence-corrected chi connectivity index (χ3v) is 3.86. The number of hydrogen-bond donors (Lipinski definition) is 0. The van der Waals surface area contributed by atoms with E-state index in [4.69, 9.17) is 16.3 Å². The van der Waals surface area contributed by atoms with Crippen LogP contribution in [0.15, 0.2) is 36.5 Å². The van der Waals surface area contributed by atoms with Crippen LogP contribution in [0.1, 0.15) is 24.3 Å². The predicted octanol–water partition coefficient (Wildman–Crippen LogP) is 2.06. The van der Waals surface area contributed by atoms with Crippen LogP contribution in [0.5, 0.6) is 0 Å². The van der Waals surface area contributed by atoms with Gasteiger partial charge in [0, 0.05) is 11.9 Å². The van der Waals surface area contributed by atoms with Gasteiger partial charge in [0.25, 0.3) is 10.0 Å². The van der Waals surface area contributed by atoms with E-state index in [9.17, 15) is 13.2 Å². The Hall–Kier alpha value is -2.19. The third-order valence-electron chi connectivity index (χ3n) is 2.75. The minimum atomic E-state index is -3.55. The van der Waals surface area contributed by atoms with Crippen LogP contribution in [0.2, 0.25) is 5.02 Å². The second-order valence-corrected chi connectivity index (χ2v) is 7.00. The van der Waals surface area contributed by atoms with Crippen LogP contribution in [-0.4, -0.2) is 35.0 Å². The second kappa shape index (κ2) is 6.93. The van der Waals surface area contributed by atoms with Crippen molar-refractivity contribution < 1.29 is 17.9 Å². The van der Waals surface area contributed by atoms with Gasteiger partial charge >= 0.3 is 5.97 Å². The maximum atomic E-state index is 11.4. The maximum absolute atomic E-state index is 11.4. The fourth-order valence-electron chi connectivity index (χ4n) is 1.70. The van der Waals surface area contributed by atoms with E-state index in [1.807, 2.05) is 0 Å². The quantitative estimate of drug-likeness (QED) is 0.762. The zero-order valence-corrected chi connectivity index (χ0v) is 14.0. The SMILES string of the molecule is CC(=O)OC(/C=C/c1ccc(Cl)cc1)c1cn(S(C)(=O)=O)nn1. The first-order valence-electron chi connectivity index (χ1n) is 6.49. The number of nitrogens with zero attached hydrogens (tertiary/aromatic N) is 3. The first-order valence-corrected chi connectivity index (χ1v) is 8.72. The molecule has 2 rings (SSSR count). The molecule has 0 aliphatic rings. The number of benzene rings is 1. The molecule has 0 amide bonds. The summed E-state index contributed by atoms with van der Waals surface area (Å²) in [7, 11) is -3.55. The molecular weight excluding hydrogens is 342 g/mol. The van der Waals surface area contributed by atoms with Crippen LogP contribution in [0, 0.1) is 0 Å². The molecule has 9 heteroatoms. The van der Waals surface area contributed by atoms with Crippen LogP contribution in [0.25, 0.3) is 6.08 Å². The van der Waals surface area contributed by atoms with Crippen molar-refractivity contribution in [3.63, 3.8) is 0 Å². The Morgan fingerprint density at radius 2 is 2.00 bits per heavy atom. The Labute approximate surface area is 138 Å². The number of rotatable bonds is 5. The highest BCUT2D eigenvalue weighted by atomic mass is 35.5. The van der Waals surface area contributed by atoms with Crippen molar-refractivity contribution in [1.82, 2.24) is 14.4 Å². The van der Waals surface area contributed by atoms with Crippen molar-refractivity contribution in [2.75, 3.05) is 6.26 Å². The van der Waals surface area contributed by atoms with E-state index >= 15 is 0 Å². The molecule has 0 spiro atoms. The standard InChI is InChI=1S/C14H14ClN3O4S/c1-10(19)22-14(8-5-11-3-6-12(15)7-4-11)13-9-18(17-16-13)23(2,20)21/h3-9,14H,1-2H3/b8-5+. The lowest BCUT2D eigenvalue weighted by Crippen LogP contribution is -2.10. The summed E-state index contributed by atoms with van der Waals surface area (Å²) in [6.45, 7) is 1.25. The maximum Gasteiger partial charge on any atom is 0.303 e. The summed E-state index contributed by atoms with van der Waals surface area (Å²) in [5, 5.41) is 7.87. The van der Waals surface area contributed by atoms with Gasteiger partial charge in [-0.2, -0.15) is 0 Å². The van der Waals surface area contributed by atoms with Crippen LogP contribution < -0.4 is 0 Å². The van der Waals surface area contributed by atoms with Crippen molar-refractivity contribution >= 4 is 33.7 Å². The highest BCUT2D eigenvalue weighted by molar-refractivity contribution is 7.89. The lowest BCUT2D eigenvalue weighted by atomic mass is 10.1. The molecule has 122 valence electrons. The molecule has 7 nitrogen and oxygen atoms in total. The molecule has 0 radical (unpaired) electrons. The zero-order chi connectivity index (χ0) is 17.0. The molecule has 23 heavy (non-hydrogen) atoms. The summed E-state index contributed by atoms with van der Waals surface area (Å²) in [5.41, 5.74) is 1.04. The van der Waals surface area contributed by atoms with Gasteiger partial charge in [-0.15, -0.1) is 9.19 Å². The van der Waals surface area contributed by atoms with Gasteiger partial charge in [0.05, 0.1) is 12.5 Å². The van der Waals surface area contributed by atoms with Crippen LogP contribution in [0.4, 0.5) is 0 Å². The summed E-state index contributed by atoms with van der Waals surface area (Å²) in [4.78, 5) is 11.2. The van der Waals surface area contributed by atoms with Crippen LogP contribution in [0.3, 0.4) is 0 Å². The van der Waals surface area contributed by atoms with Gasteiger partial charge in [0.15, 0.2) is 6.10 Å². The smallest absolute Gasteiger partial charge is 0.303 e. The zero-order valence-electron chi connectivity index (χ0n) is 12.4. The van der Waals surface area contributed by atoms with Gasteiger partial charge in [0.2, 0.25) is 0 Å². The monoisotopic (exact) mass is 355 g/mol. The van der Waals surface area contributed by atoms with Crippen LogP contribution in [-0.2, 0) is 19.6 Å². The van der Waals surface area contributed by atoms with Crippen molar-refractivity contribution in [1.29, 1.82) is 0 Å². The molecular formula is C14H14ClN3O4S. The third kappa shape index (κ3) is 4.90. The topological polar surface area (TPSA) is 91.2 Å². The molecule has 1 heterocycles. The fraction of sp³-hybridized carbons (Fsp3) is 0.214. The molecule has 0 aliphatic carbocycles. The minimum Gasteiger partial charge on any atom is -0.452 e. The van der Waals surface area contributed by atoms with E-state index in [1.54, 1.807) is 36.4 Å². The summed E-state index contributed by atoms with van der Waals surface area (Å²) in [6.07, 6.45) is 4.65. The average molecular weight is 356 g/mol. The Morgan fingerprint density at radius 1 is 1.35 bits per heavy atom. The summed E-state index contributed by atoms with van der Waals surface area (Å²) in [6, 6.07) is 7.03. The Bertz CT molecular complexity index is 828. The molecule has 1 aromatic carbocycles. The number of hydrogen-bond acceptors (Lipinski definition) is 6. The van der Waals surface area contributed by atoms with E-state index in [1.165, 1.54) is 13.1 Å². The van der Waals surface area contributed by atoms with Gasteiger partial charge in [-0.3, -0.25) is 4.79 Å². The molecule has 0 bridgehead atoms. The normalized spacial score (nSPS) is 13.2. The van der Waals surface area contributed by atoms with Gasteiger partial charge < -0.3 is 4.74 Å². The van der Waals surface area contributed by atoms with Crippen molar-refractivity contribution in [2.45, 2.75) is 13.0 Å². The summed E-state index contributed by atoms with van der Waals surface area (Å²) in [5.74, 6) is -0.523. The molecule has 1 atom stereocenters. The second-order valence-electron chi connectivity index (χ2n) is 4.72. The molecule has 0 aliphatic heterocycles. The van der Waals surface area contributed by atoms with E-state index < -0.39 is 22.1 Å². The van der Waals surface area contributed by atoms with Crippen LogP contribution >= 0.6 is 11.6 Å². The molecule has 1 unspecified atom stereocenters. The lowest BCUT2D eigenvalue weighted by molar-refractivity contribution is -0.144. The van der Waals surface area contributed by atoms with Gasteiger partial charge in [0.1, 0.15) is 5.69 Å². The predicted molar refractivity (Wildman–Crippen MR) is 85.3 cm³/mol. The van der Waals surface area contributed by atoms with Gasteiger partial charge in [-0.1, -0.05) is 35.0 Å². The molecule has 0 saturated heterocycles. The van der Waals surface area contributed by atoms with E-state index in [-0.39, 0.29) is 5.69 Å². The highest BCUT2D eigenvalue weighted by Crippen LogP contribution is 2.19. The van der Waals surface area contributed by atoms with Crippen molar-refractivity contribution in [3.05, 3.63) is 52.8 Å². The Kier molecular flexibility index (Phi) is 5.17. The van der Waals surface area contributed by atoms with E-state index in [0.717, 1.165) is 15.9 Å². The first-order chi connectivity index (χ1) is 10.8. The minimum absolute atomic E-state index is 0.204. The number of aromatic nitrogens is 3. The lowest BCUT2D eigenvalue weighted by Gasteiger charge is -2.09. The molecule has 0 saturated carbocycles. The number of carbonyl (C=O) groups excluding carboxylic acids is 1. The molecule has 1 aromatic heterocycles. The van der Waals surface area contributed by atoms with Gasteiger partial charge in [-0.05, 0) is 23.8 Å². The Balaban J connectivity index is 2.28. The number of esters is 1. The van der Waals surface area contributed by atoms with Gasteiger partial charge in [-0.25, -0.2) is 8.42 Å². The molecule has 0 fully saturated rings. The first kappa shape index (κ1) is 17.2. The fourth-order valence-corrected chi connectivity index (χ4v) is 2.30. The summed E-state index contributed by atoms with van der Waals surface area (Å²) >= 11 is 5.81. The highest BCUT2D eigenvalue weighted by Gasteiger charge is 2.18. The summed E-state index contributed by atoms with van der Waals surface area (Å²) < 4.78 is 28.7. The average Bonchev–Trinajstić information content (AvgIpc) is 2.94. The van der Waals surface area contributed by atoms with E-state index in [2.05, 4.69) is 10.3 Å². The van der Waals surface area contributed by atoms with Crippen molar-refractivity contribution in [3.8, 4) is 0 Å². The largest absolute Gasteiger partial charge is 0.452 e. The number of halogens is 1. The number of ether oxygens (including phenoxy) is 1. The number of carbonyl (C=O) groups is 1. The van der Waals surface area contributed by atoms with E-state index in [0.29, 0.717) is 5.02 Å².